The molecule has 1 unspecified atom stereocenters. The molecule has 1 N–H and O–H groups in total. The third-order valence-corrected chi connectivity index (χ3v) is 6.55. The molecule has 1 amide bonds. The number of pyridine rings is 1. The molecule has 1 aliphatic carbocycles. The molecule has 4 aromatic rings. The Morgan fingerprint density at radius 3 is 2.62 bits per heavy atom. The fraction of sp³-hybridized carbons (Fsp3) is 0.280. The molecule has 7 nitrogen and oxygen atoms in total. The minimum atomic E-state index is -0.255. The summed E-state index contributed by atoms with van der Waals surface area (Å²) in [7, 11) is 0. The van der Waals surface area contributed by atoms with Crippen molar-refractivity contribution in [1.29, 1.82) is 0 Å². The van der Waals surface area contributed by atoms with E-state index in [1.54, 1.807) is 10.8 Å². The highest BCUT2D eigenvalue weighted by atomic mass is 16.2. The maximum Gasteiger partial charge on any atom is 0.347 e. The van der Waals surface area contributed by atoms with Crippen LogP contribution in [0.1, 0.15) is 31.0 Å². The number of carbonyl (C=O) groups excluding carboxylic acids is 1. The number of rotatable bonds is 4. The Balaban J connectivity index is 1.28. The second-order valence-corrected chi connectivity index (χ2v) is 8.72. The third kappa shape index (κ3) is 3.30. The molecule has 2 aromatic heterocycles. The maximum absolute atomic E-state index is 12.6. The summed E-state index contributed by atoms with van der Waals surface area (Å²) in [6.07, 6.45) is 4.63. The zero-order valence-electron chi connectivity index (χ0n) is 17.6. The number of benzene rings is 2. The first-order chi connectivity index (χ1) is 15.7. The monoisotopic (exact) mass is 425 g/mol. The third-order valence-electron chi connectivity index (χ3n) is 6.55. The van der Waals surface area contributed by atoms with E-state index in [9.17, 15) is 9.59 Å². The van der Waals surface area contributed by atoms with Crippen LogP contribution in [0, 0.1) is 5.92 Å². The molecular formula is C25H23N5O2. The molecule has 2 fully saturated rings. The number of amides is 1. The molecule has 0 bridgehead atoms. The van der Waals surface area contributed by atoms with Gasteiger partial charge >= 0.3 is 5.69 Å². The van der Waals surface area contributed by atoms with Gasteiger partial charge in [-0.1, -0.05) is 30.3 Å². The van der Waals surface area contributed by atoms with Crippen LogP contribution in [-0.4, -0.2) is 43.6 Å². The largest absolute Gasteiger partial charge is 0.347 e. The first kappa shape index (κ1) is 19.0. The van der Waals surface area contributed by atoms with Gasteiger partial charge in [0, 0.05) is 36.5 Å². The van der Waals surface area contributed by atoms with E-state index in [1.165, 1.54) is 0 Å². The molecule has 0 spiro atoms. The number of nitrogens with zero attached hydrogens (tertiary/aromatic N) is 4. The van der Waals surface area contributed by atoms with Gasteiger partial charge in [-0.25, -0.2) is 14.5 Å². The topological polar surface area (TPSA) is 83.9 Å². The summed E-state index contributed by atoms with van der Waals surface area (Å²) in [5, 5.41) is 8.03. The highest BCUT2D eigenvalue weighted by Gasteiger charge is 2.38. The number of hydrogen-bond acceptors (Lipinski definition) is 4. The van der Waals surface area contributed by atoms with Crippen molar-refractivity contribution in [2.45, 2.75) is 25.2 Å². The minimum Gasteiger partial charge on any atom is -0.342 e. The van der Waals surface area contributed by atoms with Crippen molar-refractivity contribution in [3.8, 4) is 16.8 Å². The normalized spacial score (nSPS) is 18.4. The number of hydrogen-bond donors (Lipinski definition) is 1. The molecule has 7 heteroatoms. The molecular weight excluding hydrogens is 402 g/mol. The van der Waals surface area contributed by atoms with Crippen LogP contribution >= 0.6 is 0 Å². The maximum atomic E-state index is 12.6. The van der Waals surface area contributed by atoms with Gasteiger partial charge in [0.2, 0.25) is 5.91 Å². The molecule has 2 aliphatic rings. The predicted molar refractivity (Wildman–Crippen MR) is 122 cm³/mol. The van der Waals surface area contributed by atoms with Gasteiger partial charge in [-0.05, 0) is 54.7 Å². The SMILES string of the molecule is O=C(C1CC1)N1CCC(c2n[nH]c(=O)n2-c2ccc(-c3ccc4cccnc4c3)cc2)C1. The van der Waals surface area contributed by atoms with E-state index in [0.717, 1.165) is 53.5 Å². The van der Waals surface area contributed by atoms with Gasteiger partial charge in [0.05, 0.1) is 11.2 Å². The summed E-state index contributed by atoms with van der Waals surface area (Å²) in [6, 6.07) is 18.1. The van der Waals surface area contributed by atoms with Crippen LogP contribution < -0.4 is 5.69 Å². The zero-order chi connectivity index (χ0) is 21.7. The average Bonchev–Trinajstić information content (AvgIpc) is 3.44. The number of aromatic amines is 1. The molecule has 1 aliphatic heterocycles. The highest BCUT2D eigenvalue weighted by Crippen LogP contribution is 2.35. The second kappa shape index (κ2) is 7.44. The van der Waals surface area contributed by atoms with E-state index in [-0.39, 0.29) is 23.4 Å². The smallest absolute Gasteiger partial charge is 0.342 e. The highest BCUT2D eigenvalue weighted by molar-refractivity contribution is 5.84. The van der Waals surface area contributed by atoms with E-state index in [0.29, 0.717) is 12.4 Å². The molecule has 6 rings (SSSR count). The predicted octanol–water partition coefficient (Wildman–Crippen LogP) is 3.50. The van der Waals surface area contributed by atoms with Crippen LogP contribution in [0.3, 0.4) is 0 Å². The minimum absolute atomic E-state index is 0.0582. The Morgan fingerprint density at radius 1 is 1.00 bits per heavy atom. The van der Waals surface area contributed by atoms with Crippen LogP contribution in [-0.2, 0) is 4.79 Å². The summed E-state index contributed by atoms with van der Waals surface area (Å²) in [6.45, 7) is 1.36. The number of fused-ring (bicyclic) bond motifs is 1. The second-order valence-electron chi connectivity index (χ2n) is 8.72. The van der Waals surface area contributed by atoms with Crippen LogP contribution in [0.25, 0.3) is 27.7 Å². The fourth-order valence-corrected chi connectivity index (χ4v) is 4.64. The lowest BCUT2D eigenvalue weighted by Crippen LogP contribution is -2.30. The summed E-state index contributed by atoms with van der Waals surface area (Å²) < 4.78 is 1.64. The molecule has 32 heavy (non-hydrogen) atoms. The molecule has 1 atom stereocenters. The Kier molecular flexibility index (Phi) is 4.41. The van der Waals surface area contributed by atoms with Gasteiger partial charge in [0.1, 0.15) is 5.82 Å². The van der Waals surface area contributed by atoms with E-state index < -0.39 is 0 Å². The van der Waals surface area contributed by atoms with Gasteiger partial charge < -0.3 is 4.90 Å². The van der Waals surface area contributed by atoms with E-state index >= 15 is 0 Å². The molecule has 2 aromatic carbocycles. The Hall–Kier alpha value is -3.74. The lowest BCUT2D eigenvalue weighted by Gasteiger charge is -2.16. The van der Waals surface area contributed by atoms with Gasteiger partial charge in [0.15, 0.2) is 0 Å². The first-order valence-electron chi connectivity index (χ1n) is 11.1. The van der Waals surface area contributed by atoms with Crippen molar-refractivity contribution in [3.63, 3.8) is 0 Å². The van der Waals surface area contributed by atoms with Crippen molar-refractivity contribution in [2.75, 3.05) is 13.1 Å². The lowest BCUT2D eigenvalue weighted by molar-refractivity contribution is -0.131. The fourth-order valence-electron chi connectivity index (χ4n) is 4.64. The van der Waals surface area contributed by atoms with Crippen molar-refractivity contribution in [1.82, 2.24) is 24.6 Å². The number of H-pyrrole nitrogens is 1. The van der Waals surface area contributed by atoms with Gasteiger partial charge in [-0.15, -0.1) is 0 Å². The molecule has 160 valence electrons. The molecule has 1 saturated carbocycles. The van der Waals surface area contributed by atoms with Gasteiger partial charge in [-0.2, -0.15) is 5.10 Å². The average molecular weight is 425 g/mol. The van der Waals surface area contributed by atoms with Crippen LogP contribution in [0.4, 0.5) is 0 Å². The van der Waals surface area contributed by atoms with E-state index in [2.05, 4.69) is 33.4 Å². The van der Waals surface area contributed by atoms with Crippen LogP contribution in [0.15, 0.2) is 65.6 Å². The first-order valence-corrected chi connectivity index (χ1v) is 11.1. The van der Waals surface area contributed by atoms with Crippen LogP contribution in [0.2, 0.25) is 0 Å². The summed E-state index contributed by atoms with van der Waals surface area (Å²) in [5.41, 5.74) is 3.60. The summed E-state index contributed by atoms with van der Waals surface area (Å²) in [4.78, 5) is 31.4. The molecule has 3 heterocycles. The van der Waals surface area contributed by atoms with E-state index in [4.69, 9.17) is 0 Å². The van der Waals surface area contributed by atoms with Crippen LogP contribution in [0.5, 0.6) is 0 Å². The van der Waals surface area contributed by atoms with Crippen molar-refractivity contribution < 1.29 is 4.79 Å². The summed E-state index contributed by atoms with van der Waals surface area (Å²) in [5.74, 6) is 1.23. The van der Waals surface area contributed by atoms with E-state index in [1.807, 2.05) is 41.3 Å². The zero-order valence-corrected chi connectivity index (χ0v) is 17.6. The Bertz CT molecular complexity index is 1370. The van der Waals surface area contributed by atoms with Crippen molar-refractivity contribution in [3.05, 3.63) is 77.1 Å². The number of nitrogens with one attached hydrogen (secondary N) is 1. The van der Waals surface area contributed by atoms with Gasteiger partial charge in [-0.3, -0.25) is 9.78 Å². The summed E-state index contributed by atoms with van der Waals surface area (Å²) >= 11 is 0. The van der Waals surface area contributed by atoms with Crippen molar-refractivity contribution >= 4 is 16.8 Å². The van der Waals surface area contributed by atoms with Crippen molar-refractivity contribution in [2.24, 2.45) is 5.92 Å². The quantitative estimate of drug-likeness (QED) is 0.542. The standard InChI is InChI=1S/C25H23N5O2/c31-24(18-4-5-18)29-13-11-20(15-29)23-27-28-25(32)30(23)21-9-7-16(8-10-21)19-6-3-17-2-1-12-26-22(17)14-19/h1-3,6-10,12,14,18,20H,4-5,11,13,15H2,(H,28,32). The molecule has 1 saturated heterocycles. The molecule has 0 radical (unpaired) electrons. The number of likely N-dealkylation sites (tertiary alicyclic amines) is 1. The Labute approximate surface area is 184 Å². The Morgan fingerprint density at radius 2 is 1.81 bits per heavy atom. The van der Waals surface area contributed by atoms with Gasteiger partial charge in [0.25, 0.3) is 0 Å². The lowest BCUT2D eigenvalue weighted by atomic mass is 10.0. The number of aromatic nitrogens is 4. The number of carbonyl (C=O) groups is 1.